The summed E-state index contributed by atoms with van der Waals surface area (Å²) < 4.78 is 10.4. The number of unbranched alkanes of at least 4 members (excludes halogenated alkanes) is 14. The summed E-state index contributed by atoms with van der Waals surface area (Å²) in [6.45, 7) is 4.04. The van der Waals surface area contributed by atoms with Gasteiger partial charge in [0.2, 0.25) is 5.91 Å². The van der Waals surface area contributed by atoms with Crippen LogP contribution >= 0.6 is 0 Å². The van der Waals surface area contributed by atoms with E-state index in [9.17, 15) is 19.5 Å². The topological polar surface area (TPSA) is 93.1 Å². The Morgan fingerprint density at radius 2 is 1.44 bits per heavy atom. The highest BCUT2D eigenvalue weighted by Gasteiger charge is 2.53. The molecule has 2 aliphatic rings. The van der Waals surface area contributed by atoms with Gasteiger partial charge in [-0.2, -0.15) is 0 Å². The fourth-order valence-electron chi connectivity index (χ4n) is 5.70. The van der Waals surface area contributed by atoms with Gasteiger partial charge in [0.05, 0.1) is 7.11 Å². The van der Waals surface area contributed by atoms with Crippen molar-refractivity contribution < 1.29 is 29.0 Å². The molecule has 0 aromatic heterocycles. The Labute approximate surface area is 218 Å². The van der Waals surface area contributed by atoms with Crippen LogP contribution in [0.1, 0.15) is 129 Å². The number of ether oxygens (including phenoxy) is 2. The SMILES string of the molecule is CCCCCCCCCCCCCCCCC[C@@]1(C)OC(=O)[C@H](CN2C(=O)CCC2C(=O)OC)[C@@H]1O. The number of carbonyl (C=O) groups excluding carboxylic acids is 3. The van der Waals surface area contributed by atoms with Crippen LogP contribution in [0.2, 0.25) is 0 Å². The van der Waals surface area contributed by atoms with E-state index in [1.807, 2.05) is 0 Å². The summed E-state index contributed by atoms with van der Waals surface area (Å²) in [5.41, 5.74) is -0.943. The van der Waals surface area contributed by atoms with Crippen molar-refractivity contribution in [3.63, 3.8) is 0 Å². The Kier molecular flexibility index (Phi) is 13.8. The summed E-state index contributed by atoms with van der Waals surface area (Å²) in [7, 11) is 1.29. The molecule has 0 saturated carbocycles. The largest absolute Gasteiger partial charge is 0.467 e. The summed E-state index contributed by atoms with van der Waals surface area (Å²) in [6.07, 6.45) is 19.5. The Bertz CT molecular complexity index is 683. The maximum Gasteiger partial charge on any atom is 0.328 e. The number of aliphatic hydroxyl groups excluding tert-OH is 1. The third-order valence-electron chi connectivity index (χ3n) is 8.11. The van der Waals surface area contributed by atoms with E-state index < -0.39 is 35.6 Å². The fourth-order valence-corrected chi connectivity index (χ4v) is 5.70. The van der Waals surface area contributed by atoms with Gasteiger partial charge >= 0.3 is 11.9 Å². The zero-order valence-electron chi connectivity index (χ0n) is 23.1. The van der Waals surface area contributed by atoms with Gasteiger partial charge in [-0.25, -0.2) is 4.79 Å². The molecule has 0 aromatic rings. The lowest BCUT2D eigenvalue weighted by atomic mass is 9.87. The van der Waals surface area contributed by atoms with Crippen LogP contribution in [-0.4, -0.2) is 59.3 Å². The molecule has 0 aliphatic carbocycles. The highest BCUT2D eigenvalue weighted by Crippen LogP contribution is 2.37. The minimum absolute atomic E-state index is 0.00690. The van der Waals surface area contributed by atoms with Gasteiger partial charge in [-0.1, -0.05) is 96.8 Å². The van der Waals surface area contributed by atoms with Crippen molar-refractivity contribution in [1.82, 2.24) is 4.90 Å². The van der Waals surface area contributed by atoms with Gasteiger partial charge in [0.1, 0.15) is 23.7 Å². The third kappa shape index (κ3) is 9.35. The normalized spacial score (nSPS) is 26.0. The lowest BCUT2D eigenvalue weighted by molar-refractivity contribution is -0.153. The number of aliphatic hydroxyl groups is 1. The molecule has 7 heteroatoms. The van der Waals surface area contributed by atoms with Crippen molar-refractivity contribution in [3.8, 4) is 0 Å². The minimum Gasteiger partial charge on any atom is -0.467 e. The van der Waals surface area contributed by atoms with Crippen molar-refractivity contribution in [2.24, 2.45) is 5.92 Å². The molecule has 4 atom stereocenters. The summed E-state index contributed by atoms with van der Waals surface area (Å²) in [4.78, 5) is 38.2. The maximum atomic E-state index is 12.6. The number of amides is 1. The van der Waals surface area contributed by atoms with Gasteiger partial charge in [0.15, 0.2) is 0 Å². The number of hydrogen-bond acceptors (Lipinski definition) is 6. The minimum atomic E-state index is -0.997. The molecule has 2 heterocycles. The zero-order chi connectivity index (χ0) is 26.4. The highest BCUT2D eigenvalue weighted by atomic mass is 16.6. The first kappa shape index (κ1) is 30.6. The van der Waals surface area contributed by atoms with Gasteiger partial charge in [0, 0.05) is 13.0 Å². The molecule has 7 nitrogen and oxygen atoms in total. The number of likely N-dealkylation sites (tertiary alicyclic amines) is 1. The summed E-state index contributed by atoms with van der Waals surface area (Å²) in [5, 5.41) is 10.9. The van der Waals surface area contributed by atoms with Crippen LogP contribution in [0.25, 0.3) is 0 Å². The van der Waals surface area contributed by atoms with Crippen LogP contribution in [0.4, 0.5) is 0 Å². The third-order valence-corrected chi connectivity index (χ3v) is 8.11. The molecule has 2 rings (SSSR count). The molecule has 0 aromatic carbocycles. The number of methoxy groups -OCH3 is 1. The molecule has 0 bridgehead atoms. The average molecular weight is 510 g/mol. The lowest BCUT2D eigenvalue weighted by Gasteiger charge is -2.29. The van der Waals surface area contributed by atoms with Crippen LogP contribution in [0.5, 0.6) is 0 Å². The molecular formula is C29H51NO6. The molecule has 2 aliphatic heterocycles. The summed E-state index contributed by atoms with van der Waals surface area (Å²) in [6, 6.07) is -0.690. The summed E-state index contributed by atoms with van der Waals surface area (Å²) in [5.74, 6) is -2.00. The first-order valence-electron chi connectivity index (χ1n) is 14.6. The van der Waals surface area contributed by atoms with Gasteiger partial charge < -0.3 is 19.5 Å². The lowest BCUT2D eigenvalue weighted by Crippen LogP contribution is -2.47. The fraction of sp³-hybridized carbons (Fsp3) is 0.897. The number of cyclic esters (lactones) is 1. The second-order valence-electron chi connectivity index (χ2n) is 11.1. The quantitative estimate of drug-likeness (QED) is 0.177. The predicted octanol–water partition coefficient (Wildman–Crippen LogP) is 5.70. The van der Waals surface area contributed by atoms with Crippen molar-refractivity contribution in [3.05, 3.63) is 0 Å². The van der Waals surface area contributed by atoms with Crippen molar-refractivity contribution in [2.45, 2.75) is 147 Å². The van der Waals surface area contributed by atoms with E-state index >= 15 is 0 Å². The van der Waals surface area contributed by atoms with Gasteiger partial charge in [-0.05, 0) is 26.2 Å². The average Bonchev–Trinajstić information content (AvgIpc) is 3.33. The molecule has 2 saturated heterocycles. The molecular weight excluding hydrogens is 458 g/mol. The Morgan fingerprint density at radius 1 is 0.944 bits per heavy atom. The zero-order valence-corrected chi connectivity index (χ0v) is 23.1. The Balaban J connectivity index is 1.58. The molecule has 0 radical (unpaired) electrons. The molecule has 1 amide bonds. The monoisotopic (exact) mass is 509 g/mol. The molecule has 1 N–H and O–H groups in total. The van der Waals surface area contributed by atoms with E-state index in [-0.39, 0.29) is 18.9 Å². The molecule has 1 unspecified atom stereocenters. The standard InChI is InChI=1S/C29H51NO6/c1-4-5-6-7-8-9-10-11-12-13-14-15-16-17-18-21-29(2)26(32)23(27(33)36-29)22-30-24(28(34)35-3)19-20-25(30)31/h23-24,26,32H,4-22H2,1-3H3/t23-,24?,26+,29-/m1/s1. The van der Waals surface area contributed by atoms with E-state index in [1.54, 1.807) is 6.92 Å². The summed E-state index contributed by atoms with van der Waals surface area (Å²) >= 11 is 0. The van der Waals surface area contributed by atoms with Crippen LogP contribution in [0.15, 0.2) is 0 Å². The highest BCUT2D eigenvalue weighted by molar-refractivity contribution is 5.88. The maximum absolute atomic E-state index is 12.6. The Morgan fingerprint density at radius 3 is 1.94 bits per heavy atom. The first-order valence-corrected chi connectivity index (χ1v) is 14.6. The smallest absolute Gasteiger partial charge is 0.328 e. The first-order chi connectivity index (χ1) is 17.3. The van der Waals surface area contributed by atoms with Crippen LogP contribution in [-0.2, 0) is 23.9 Å². The van der Waals surface area contributed by atoms with Gasteiger partial charge in [0.25, 0.3) is 0 Å². The van der Waals surface area contributed by atoms with E-state index in [0.29, 0.717) is 12.8 Å². The van der Waals surface area contributed by atoms with Gasteiger partial charge in [-0.3, -0.25) is 9.59 Å². The van der Waals surface area contributed by atoms with Gasteiger partial charge in [-0.15, -0.1) is 0 Å². The number of carbonyl (C=O) groups is 3. The van der Waals surface area contributed by atoms with Crippen LogP contribution in [0, 0.1) is 5.92 Å². The van der Waals surface area contributed by atoms with Crippen molar-refractivity contribution >= 4 is 17.8 Å². The van der Waals surface area contributed by atoms with Crippen molar-refractivity contribution in [1.29, 1.82) is 0 Å². The van der Waals surface area contributed by atoms with E-state index in [2.05, 4.69) is 6.92 Å². The number of rotatable bonds is 19. The number of esters is 2. The van der Waals surface area contributed by atoms with Crippen LogP contribution < -0.4 is 0 Å². The molecule has 36 heavy (non-hydrogen) atoms. The van der Waals surface area contributed by atoms with Crippen LogP contribution in [0.3, 0.4) is 0 Å². The van der Waals surface area contributed by atoms with E-state index in [1.165, 1.54) is 89.1 Å². The second kappa shape index (κ2) is 16.3. The molecule has 0 spiro atoms. The number of nitrogens with zero attached hydrogens (tertiary/aromatic N) is 1. The van der Waals surface area contributed by atoms with E-state index in [0.717, 1.165) is 19.3 Å². The second-order valence-corrected chi connectivity index (χ2v) is 11.1. The predicted molar refractivity (Wildman–Crippen MR) is 140 cm³/mol. The molecule has 208 valence electrons. The van der Waals surface area contributed by atoms with Crippen molar-refractivity contribution in [2.75, 3.05) is 13.7 Å². The van der Waals surface area contributed by atoms with E-state index in [4.69, 9.17) is 9.47 Å². The number of hydrogen-bond donors (Lipinski definition) is 1. The Hall–Kier alpha value is -1.63. The molecule has 2 fully saturated rings.